The van der Waals surface area contributed by atoms with E-state index in [0.717, 1.165) is 21.3 Å². The van der Waals surface area contributed by atoms with E-state index in [0.29, 0.717) is 18.7 Å². The third kappa shape index (κ3) is 3.70. The number of benzene rings is 1. The van der Waals surface area contributed by atoms with Crippen LogP contribution in [-0.2, 0) is 9.59 Å². The van der Waals surface area contributed by atoms with Crippen LogP contribution in [0.25, 0.3) is 0 Å². The first-order valence-corrected chi connectivity index (χ1v) is 9.91. The van der Waals surface area contributed by atoms with E-state index in [1.54, 1.807) is 23.5 Å². The van der Waals surface area contributed by atoms with E-state index >= 15 is 0 Å². The van der Waals surface area contributed by atoms with Crippen LogP contribution in [0.1, 0.15) is 6.42 Å². The Labute approximate surface area is 149 Å². The van der Waals surface area contributed by atoms with Crippen LogP contribution < -0.4 is 10.6 Å². The predicted molar refractivity (Wildman–Crippen MR) is 95.1 cm³/mol. The van der Waals surface area contributed by atoms with Crippen molar-refractivity contribution in [3.63, 3.8) is 0 Å². The number of hydrogen-bond acceptors (Lipinski definition) is 5. The Balaban J connectivity index is 1.43. The van der Waals surface area contributed by atoms with Crippen molar-refractivity contribution in [3.8, 4) is 0 Å². The van der Waals surface area contributed by atoms with Crippen LogP contribution in [-0.4, -0.2) is 58.6 Å². The number of imide groups is 1. The monoisotopic (exact) mass is 365 g/mol. The van der Waals surface area contributed by atoms with Gasteiger partial charge in [-0.15, -0.1) is 11.8 Å². The minimum absolute atomic E-state index is 0.215. The zero-order valence-corrected chi connectivity index (χ0v) is 14.8. The number of rotatable bonds is 6. The van der Waals surface area contributed by atoms with E-state index in [1.165, 1.54) is 0 Å². The maximum absolute atomic E-state index is 12.4. The fourth-order valence-electron chi connectivity index (χ4n) is 2.73. The number of thioether (sulfide) groups is 2. The van der Waals surface area contributed by atoms with Gasteiger partial charge in [-0.05, 0) is 24.3 Å². The highest BCUT2D eigenvalue weighted by Crippen LogP contribution is 2.33. The van der Waals surface area contributed by atoms with Gasteiger partial charge in [-0.2, -0.15) is 11.8 Å². The molecular formula is C16H19N3O3S2. The zero-order chi connectivity index (χ0) is 17.0. The molecule has 2 N–H and O–H groups in total. The van der Waals surface area contributed by atoms with Gasteiger partial charge in [0.05, 0.1) is 0 Å². The highest BCUT2D eigenvalue weighted by molar-refractivity contribution is 7.99. The summed E-state index contributed by atoms with van der Waals surface area (Å²) in [5.74, 6) is 1.59. The van der Waals surface area contributed by atoms with Crippen molar-refractivity contribution in [2.75, 3.05) is 30.3 Å². The number of hydrogen-bond donors (Lipinski definition) is 2. The van der Waals surface area contributed by atoms with Gasteiger partial charge in [0.25, 0.3) is 5.91 Å². The Bertz CT molecular complexity index is 633. The molecule has 2 heterocycles. The van der Waals surface area contributed by atoms with E-state index < -0.39 is 11.6 Å². The highest BCUT2D eigenvalue weighted by Gasteiger charge is 2.53. The summed E-state index contributed by atoms with van der Waals surface area (Å²) in [7, 11) is 0. The van der Waals surface area contributed by atoms with E-state index in [-0.39, 0.29) is 18.4 Å². The van der Waals surface area contributed by atoms with Crippen molar-refractivity contribution in [1.82, 2.24) is 15.5 Å². The Morgan fingerprint density at radius 2 is 2.12 bits per heavy atom. The summed E-state index contributed by atoms with van der Waals surface area (Å²) in [6, 6.07) is 9.46. The van der Waals surface area contributed by atoms with Gasteiger partial charge in [0.2, 0.25) is 5.91 Å². The van der Waals surface area contributed by atoms with Gasteiger partial charge in [0.15, 0.2) is 0 Å². The topological polar surface area (TPSA) is 78.5 Å². The quantitative estimate of drug-likeness (QED) is 0.452. The molecular weight excluding hydrogens is 346 g/mol. The first-order chi connectivity index (χ1) is 11.6. The molecule has 8 heteroatoms. The lowest BCUT2D eigenvalue weighted by Crippen LogP contribution is -2.47. The molecule has 1 spiro atoms. The molecule has 2 aliphatic heterocycles. The van der Waals surface area contributed by atoms with Crippen LogP contribution in [0.15, 0.2) is 35.2 Å². The maximum Gasteiger partial charge on any atom is 0.325 e. The van der Waals surface area contributed by atoms with Crippen LogP contribution in [0, 0.1) is 0 Å². The van der Waals surface area contributed by atoms with Crippen LogP contribution in [0.2, 0.25) is 0 Å². The van der Waals surface area contributed by atoms with E-state index in [4.69, 9.17) is 0 Å². The van der Waals surface area contributed by atoms with Gasteiger partial charge in [0.1, 0.15) is 12.1 Å². The third-order valence-electron chi connectivity index (χ3n) is 4.01. The van der Waals surface area contributed by atoms with Gasteiger partial charge in [-0.25, -0.2) is 4.79 Å². The molecule has 2 fully saturated rings. The van der Waals surface area contributed by atoms with Gasteiger partial charge in [-0.3, -0.25) is 14.5 Å². The zero-order valence-electron chi connectivity index (χ0n) is 13.1. The van der Waals surface area contributed by atoms with Gasteiger partial charge in [-0.1, -0.05) is 18.2 Å². The smallest absolute Gasteiger partial charge is 0.325 e. The van der Waals surface area contributed by atoms with Crippen LogP contribution >= 0.6 is 23.5 Å². The molecule has 0 aromatic heterocycles. The number of carbonyl (C=O) groups is 3. The van der Waals surface area contributed by atoms with Crippen molar-refractivity contribution in [2.45, 2.75) is 16.9 Å². The van der Waals surface area contributed by atoms with Gasteiger partial charge < -0.3 is 10.6 Å². The van der Waals surface area contributed by atoms with Gasteiger partial charge >= 0.3 is 6.03 Å². The third-order valence-corrected chi connectivity index (χ3v) is 6.21. The molecule has 0 bridgehead atoms. The number of amides is 4. The maximum atomic E-state index is 12.4. The van der Waals surface area contributed by atoms with E-state index in [1.807, 2.05) is 30.3 Å². The average Bonchev–Trinajstić information content (AvgIpc) is 3.14. The summed E-state index contributed by atoms with van der Waals surface area (Å²) < 4.78 is 0. The van der Waals surface area contributed by atoms with Gasteiger partial charge in [0, 0.05) is 22.9 Å². The fourth-order valence-corrected chi connectivity index (χ4v) is 4.84. The Morgan fingerprint density at radius 1 is 1.33 bits per heavy atom. The predicted octanol–water partition coefficient (Wildman–Crippen LogP) is 1.32. The van der Waals surface area contributed by atoms with Crippen molar-refractivity contribution < 1.29 is 14.4 Å². The standard InChI is InChI=1S/C16H19N3O3S2/c20-13(17-7-9-24-12-4-2-1-3-5-12)10-19-14(21)16(18-15(19)22)6-8-23-11-16/h1-5H,6-11H2,(H,17,20)(H,18,22)/t16-/m0/s1. The molecule has 0 aliphatic carbocycles. The van der Waals surface area contributed by atoms with Crippen LogP contribution in [0.3, 0.4) is 0 Å². The SMILES string of the molecule is O=C(CN1C(=O)N[C@]2(CCSC2)C1=O)NCCSc1ccccc1. The molecule has 6 nitrogen and oxygen atoms in total. The molecule has 1 atom stereocenters. The number of urea groups is 1. The van der Waals surface area contributed by atoms with E-state index in [2.05, 4.69) is 10.6 Å². The molecule has 24 heavy (non-hydrogen) atoms. The van der Waals surface area contributed by atoms with Crippen molar-refractivity contribution in [1.29, 1.82) is 0 Å². The molecule has 2 aliphatic rings. The molecule has 1 aromatic rings. The summed E-state index contributed by atoms with van der Waals surface area (Å²) in [4.78, 5) is 38.6. The lowest BCUT2D eigenvalue weighted by atomic mass is 9.99. The highest BCUT2D eigenvalue weighted by atomic mass is 32.2. The molecule has 2 saturated heterocycles. The molecule has 3 rings (SSSR count). The second-order valence-electron chi connectivity index (χ2n) is 5.72. The lowest BCUT2D eigenvalue weighted by molar-refractivity contribution is -0.134. The molecule has 4 amide bonds. The fraction of sp³-hybridized carbons (Fsp3) is 0.438. The molecule has 128 valence electrons. The largest absolute Gasteiger partial charge is 0.354 e. The Hall–Kier alpha value is -1.67. The Morgan fingerprint density at radius 3 is 2.83 bits per heavy atom. The molecule has 1 aromatic carbocycles. The summed E-state index contributed by atoms with van der Waals surface area (Å²) >= 11 is 3.29. The molecule has 0 radical (unpaired) electrons. The second-order valence-corrected chi connectivity index (χ2v) is 7.99. The number of nitrogens with one attached hydrogen (secondary N) is 2. The molecule has 0 saturated carbocycles. The van der Waals surface area contributed by atoms with Crippen molar-refractivity contribution in [3.05, 3.63) is 30.3 Å². The summed E-state index contributed by atoms with van der Waals surface area (Å²) in [5, 5.41) is 5.52. The minimum Gasteiger partial charge on any atom is -0.354 e. The molecule has 0 unspecified atom stereocenters. The number of nitrogens with zero attached hydrogens (tertiary/aromatic N) is 1. The van der Waals surface area contributed by atoms with E-state index in [9.17, 15) is 14.4 Å². The summed E-state index contributed by atoms with van der Waals surface area (Å²) in [5.41, 5.74) is -0.787. The minimum atomic E-state index is -0.787. The first kappa shape index (κ1) is 17.2. The van der Waals surface area contributed by atoms with Crippen molar-refractivity contribution in [2.24, 2.45) is 0 Å². The average molecular weight is 365 g/mol. The summed E-state index contributed by atoms with van der Waals surface area (Å²) in [6.07, 6.45) is 0.633. The normalized spacial score (nSPS) is 22.9. The number of carbonyl (C=O) groups excluding carboxylic acids is 3. The summed E-state index contributed by atoms with van der Waals surface area (Å²) in [6.45, 7) is 0.274. The lowest BCUT2D eigenvalue weighted by Gasteiger charge is -2.19. The first-order valence-electron chi connectivity index (χ1n) is 7.77. The second kappa shape index (κ2) is 7.48. The van der Waals surface area contributed by atoms with Crippen molar-refractivity contribution >= 4 is 41.4 Å². The Kier molecular flexibility index (Phi) is 5.35. The van der Waals surface area contributed by atoms with Crippen LogP contribution in [0.4, 0.5) is 4.79 Å². The van der Waals surface area contributed by atoms with Crippen LogP contribution in [0.5, 0.6) is 0 Å².